The molecule has 6 heteroatoms. The Morgan fingerprint density at radius 2 is 1.48 bits per heavy atom. The third-order valence-corrected chi connectivity index (χ3v) is 2.57. The van der Waals surface area contributed by atoms with E-state index in [9.17, 15) is 0 Å². The fourth-order valence-corrected chi connectivity index (χ4v) is 1.63. The van der Waals surface area contributed by atoms with Gasteiger partial charge in [-0.05, 0) is 29.8 Å². The summed E-state index contributed by atoms with van der Waals surface area (Å²) >= 11 is 0. The Morgan fingerprint density at radius 1 is 0.857 bits per heavy atom. The van der Waals surface area contributed by atoms with Gasteiger partial charge in [0.05, 0.1) is 6.54 Å². The minimum absolute atomic E-state index is 0.0552. The number of rotatable bonds is 4. The van der Waals surface area contributed by atoms with E-state index in [1.807, 2.05) is 54.6 Å². The van der Waals surface area contributed by atoms with E-state index in [1.54, 1.807) is 0 Å². The lowest BCUT2D eigenvalue weighted by Gasteiger charge is -2.05. The molecule has 0 saturated heterocycles. The first kappa shape index (κ1) is 14.4. The lowest BCUT2D eigenvalue weighted by molar-refractivity contribution is 0.482. The first-order valence-corrected chi connectivity index (χ1v) is 6.35. The molecule has 0 radical (unpaired) electrons. The summed E-state index contributed by atoms with van der Waals surface area (Å²) in [5.74, 6) is 1.49. The molecule has 0 fully saturated rings. The average Bonchev–Trinajstić information content (AvgIpc) is 2.47. The first-order chi connectivity index (χ1) is 10.1. The predicted molar refractivity (Wildman–Crippen MR) is 84.1 cm³/mol. The first-order valence-electron chi connectivity index (χ1n) is 6.35. The van der Waals surface area contributed by atoms with Gasteiger partial charge in [0.1, 0.15) is 11.5 Å². The molecule has 6 nitrogen and oxygen atoms in total. The topological polar surface area (TPSA) is 112 Å². The highest BCUT2D eigenvalue weighted by atomic mass is 16.5. The maximum Gasteiger partial charge on any atom is 0.218 e. The van der Waals surface area contributed by atoms with E-state index in [0.29, 0.717) is 6.54 Å². The van der Waals surface area contributed by atoms with Crippen molar-refractivity contribution in [3.63, 3.8) is 0 Å². The lowest BCUT2D eigenvalue weighted by Crippen LogP contribution is -2.26. The van der Waals surface area contributed by atoms with Crippen LogP contribution in [-0.4, -0.2) is 11.9 Å². The van der Waals surface area contributed by atoms with Crippen LogP contribution in [0.15, 0.2) is 64.6 Å². The number of nitrogens with two attached hydrogens (primary N) is 3. The highest BCUT2D eigenvalue weighted by molar-refractivity contribution is 5.92. The number of hydrogen-bond acceptors (Lipinski definition) is 2. The van der Waals surface area contributed by atoms with Crippen molar-refractivity contribution >= 4 is 11.9 Å². The zero-order chi connectivity index (χ0) is 15.1. The summed E-state index contributed by atoms with van der Waals surface area (Å²) in [7, 11) is 0. The van der Waals surface area contributed by atoms with Crippen LogP contribution in [0.3, 0.4) is 0 Å². The Kier molecular flexibility index (Phi) is 4.76. The third-order valence-electron chi connectivity index (χ3n) is 2.57. The molecular formula is C15H17N5O. The van der Waals surface area contributed by atoms with Gasteiger partial charge in [0.15, 0.2) is 5.96 Å². The van der Waals surface area contributed by atoms with Crippen LogP contribution in [0.2, 0.25) is 0 Å². The van der Waals surface area contributed by atoms with Crippen LogP contribution >= 0.6 is 0 Å². The van der Waals surface area contributed by atoms with Crippen molar-refractivity contribution < 1.29 is 4.74 Å². The zero-order valence-corrected chi connectivity index (χ0v) is 11.4. The van der Waals surface area contributed by atoms with Crippen molar-refractivity contribution in [2.24, 2.45) is 27.2 Å². The van der Waals surface area contributed by atoms with E-state index >= 15 is 0 Å². The summed E-state index contributed by atoms with van der Waals surface area (Å²) in [6, 6.07) is 17.1. The molecule has 0 spiro atoms. The van der Waals surface area contributed by atoms with Gasteiger partial charge in [-0.15, -0.1) is 0 Å². The summed E-state index contributed by atoms with van der Waals surface area (Å²) in [6.45, 7) is 0.397. The molecule has 21 heavy (non-hydrogen) atoms. The summed E-state index contributed by atoms with van der Waals surface area (Å²) < 4.78 is 5.70. The van der Waals surface area contributed by atoms with E-state index in [0.717, 1.165) is 17.1 Å². The second-order valence-electron chi connectivity index (χ2n) is 4.27. The fraction of sp³-hybridized carbons (Fsp3) is 0.0667. The van der Waals surface area contributed by atoms with Crippen LogP contribution in [0, 0.1) is 0 Å². The summed E-state index contributed by atoms with van der Waals surface area (Å²) in [5.41, 5.74) is 16.9. The van der Waals surface area contributed by atoms with Crippen molar-refractivity contribution in [2.75, 3.05) is 0 Å². The molecule has 0 aliphatic rings. The average molecular weight is 283 g/mol. The smallest absolute Gasteiger partial charge is 0.218 e. The molecule has 2 aromatic carbocycles. The quantitative estimate of drug-likeness (QED) is 0.584. The maximum atomic E-state index is 5.70. The second kappa shape index (κ2) is 6.95. The molecule has 0 aliphatic heterocycles. The van der Waals surface area contributed by atoms with E-state index in [-0.39, 0.29) is 11.9 Å². The van der Waals surface area contributed by atoms with Crippen molar-refractivity contribution in [2.45, 2.75) is 6.54 Å². The van der Waals surface area contributed by atoms with Crippen LogP contribution < -0.4 is 21.9 Å². The van der Waals surface area contributed by atoms with Gasteiger partial charge >= 0.3 is 0 Å². The molecule has 108 valence electrons. The van der Waals surface area contributed by atoms with Crippen LogP contribution in [0.5, 0.6) is 11.5 Å². The number of benzene rings is 2. The van der Waals surface area contributed by atoms with Crippen molar-refractivity contribution in [3.8, 4) is 11.5 Å². The van der Waals surface area contributed by atoms with E-state index in [1.165, 1.54) is 0 Å². The van der Waals surface area contributed by atoms with Gasteiger partial charge in [-0.1, -0.05) is 30.3 Å². The van der Waals surface area contributed by atoms with Crippen molar-refractivity contribution in [3.05, 3.63) is 60.2 Å². The van der Waals surface area contributed by atoms with E-state index in [4.69, 9.17) is 21.9 Å². The van der Waals surface area contributed by atoms with Gasteiger partial charge in [0.2, 0.25) is 5.96 Å². The fourth-order valence-electron chi connectivity index (χ4n) is 1.63. The number of para-hydroxylation sites is 1. The Hall–Kier alpha value is -3.02. The normalized spacial score (nSPS) is 11.0. The van der Waals surface area contributed by atoms with Crippen molar-refractivity contribution in [1.82, 2.24) is 0 Å². The van der Waals surface area contributed by atoms with E-state index < -0.39 is 0 Å². The molecule has 0 saturated carbocycles. The highest BCUT2D eigenvalue weighted by Gasteiger charge is 1.97. The molecule has 0 unspecified atom stereocenters. The van der Waals surface area contributed by atoms with Crippen LogP contribution in [-0.2, 0) is 6.54 Å². The third kappa shape index (κ3) is 4.87. The molecule has 6 N–H and O–H groups in total. The Morgan fingerprint density at radius 3 is 2.10 bits per heavy atom. The van der Waals surface area contributed by atoms with Crippen LogP contribution in [0.25, 0.3) is 0 Å². The molecule has 0 heterocycles. The summed E-state index contributed by atoms with van der Waals surface area (Å²) in [6.07, 6.45) is 0. The zero-order valence-electron chi connectivity index (χ0n) is 11.4. The van der Waals surface area contributed by atoms with Gasteiger partial charge in [0.25, 0.3) is 0 Å². The highest BCUT2D eigenvalue weighted by Crippen LogP contribution is 2.21. The lowest BCUT2D eigenvalue weighted by atomic mass is 10.2. The maximum absolute atomic E-state index is 5.70. The molecule has 0 aromatic heterocycles. The number of ether oxygens (including phenoxy) is 1. The van der Waals surface area contributed by atoms with Gasteiger partial charge in [0, 0.05) is 0 Å². The van der Waals surface area contributed by atoms with Gasteiger partial charge in [-0.2, -0.15) is 4.99 Å². The number of hydrogen-bond donors (Lipinski definition) is 3. The predicted octanol–water partition coefficient (Wildman–Crippen LogP) is 1.57. The molecule has 2 aromatic rings. The second-order valence-corrected chi connectivity index (χ2v) is 4.27. The molecule has 0 amide bonds. The molecule has 0 aliphatic carbocycles. The largest absolute Gasteiger partial charge is 0.457 e. The van der Waals surface area contributed by atoms with Gasteiger partial charge < -0.3 is 21.9 Å². The Labute approximate surface area is 123 Å². The number of aliphatic imine (C=N–C) groups is 2. The summed E-state index contributed by atoms with van der Waals surface area (Å²) in [5, 5.41) is 0. The number of nitrogens with zero attached hydrogens (tertiary/aromatic N) is 2. The molecule has 0 bridgehead atoms. The Bertz CT molecular complexity index is 631. The molecule has 2 rings (SSSR count). The van der Waals surface area contributed by atoms with Gasteiger partial charge in [-0.25, -0.2) is 4.99 Å². The minimum atomic E-state index is -0.108. The van der Waals surface area contributed by atoms with Gasteiger partial charge in [-0.3, -0.25) is 0 Å². The summed E-state index contributed by atoms with van der Waals surface area (Å²) in [4.78, 5) is 7.70. The standard InChI is InChI=1S/C15H17N5O/c16-14(17)20-15(18)19-10-11-6-8-13(9-7-11)21-12-4-2-1-3-5-12/h1-9H,10H2,(H6,16,17,18,19,20). The molecular weight excluding hydrogens is 266 g/mol. The van der Waals surface area contributed by atoms with Crippen LogP contribution in [0.4, 0.5) is 0 Å². The monoisotopic (exact) mass is 283 g/mol. The van der Waals surface area contributed by atoms with Crippen LogP contribution in [0.1, 0.15) is 5.56 Å². The minimum Gasteiger partial charge on any atom is -0.457 e. The van der Waals surface area contributed by atoms with E-state index in [2.05, 4.69) is 9.98 Å². The van der Waals surface area contributed by atoms with Crippen molar-refractivity contribution in [1.29, 1.82) is 0 Å². The number of guanidine groups is 2. The SMILES string of the molecule is NC(N)=NC(N)=NCc1ccc(Oc2ccccc2)cc1. The Balaban J connectivity index is 1.98. The molecule has 0 atom stereocenters.